The van der Waals surface area contributed by atoms with Gasteiger partial charge in [-0.25, -0.2) is 0 Å². The Kier molecular flexibility index (Phi) is 4.38. The van der Waals surface area contributed by atoms with E-state index in [0.717, 1.165) is 23.1 Å². The van der Waals surface area contributed by atoms with Crippen LogP contribution in [0.2, 0.25) is 0 Å². The molecular weight excluding hydrogens is 288 g/mol. The number of hydrogen-bond donors (Lipinski definition) is 1. The van der Waals surface area contributed by atoms with Crippen molar-refractivity contribution in [2.45, 2.75) is 6.42 Å². The molecule has 0 spiro atoms. The lowest BCUT2D eigenvalue weighted by Crippen LogP contribution is -2.06. The Hall–Kier alpha value is -1.79. The van der Waals surface area contributed by atoms with Crippen LogP contribution in [0.5, 0.6) is 0 Å². The number of benzene rings is 2. The van der Waals surface area contributed by atoms with Crippen LogP contribution in [0.1, 0.15) is 11.1 Å². The number of halogens is 1. The van der Waals surface area contributed by atoms with Crippen molar-refractivity contribution < 1.29 is 0 Å². The van der Waals surface area contributed by atoms with Crippen molar-refractivity contribution in [3.05, 3.63) is 64.1 Å². The maximum absolute atomic E-state index is 9.10. The van der Waals surface area contributed by atoms with Gasteiger partial charge in [0, 0.05) is 11.0 Å². The van der Waals surface area contributed by atoms with E-state index in [-0.39, 0.29) is 0 Å². The standard InChI is InChI=1S/C15H13BrN2/c16-14-7-4-8-15(13(14)11-17)18-10-9-12-5-2-1-3-6-12/h1-8,18H,9-10H2. The fourth-order valence-corrected chi connectivity index (χ4v) is 2.23. The maximum Gasteiger partial charge on any atom is 0.103 e. The predicted molar refractivity (Wildman–Crippen MR) is 77.5 cm³/mol. The molecule has 1 N–H and O–H groups in total. The molecule has 0 aliphatic rings. The Morgan fingerprint density at radius 3 is 2.56 bits per heavy atom. The first kappa shape index (κ1) is 12.7. The van der Waals surface area contributed by atoms with E-state index in [4.69, 9.17) is 5.26 Å². The molecule has 0 fully saturated rings. The van der Waals surface area contributed by atoms with Gasteiger partial charge < -0.3 is 5.32 Å². The van der Waals surface area contributed by atoms with Crippen molar-refractivity contribution in [3.63, 3.8) is 0 Å². The third-order valence-corrected chi connectivity index (χ3v) is 3.36. The van der Waals surface area contributed by atoms with Gasteiger partial charge in [0.15, 0.2) is 0 Å². The zero-order valence-corrected chi connectivity index (χ0v) is 11.4. The van der Waals surface area contributed by atoms with Gasteiger partial charge in [0.1, 0.15) is 6.07 Å². The molecular formula is C15H13BrN2. The third-order valence-electron chi connectivity index (χ3n) is 2.70. The molecule has 0 aliphatic carbocycles. The number of hydrogen-bond acceptors (Lipinski definition) is 2. The van der Waals surface area contributed by atoms with Crippen LogP contribution in [0.25, 0.3) is 0 Å². The van der Waals surface area contributed by atoms with Crippen molar-refractivity contribution in [3.8, 4) is 6.07 Å². The van der Waals surface area contributed by atoms with Gasteiger partial charge in [-0.05, 0) is 40.0 Å². The van der Waals surface area contributed by atoms with E-state index in [1.807, 2.05) is 36.4 Å². The van der Waals surface area contributed by atoms with Crippen LogP contribution in [-0.2, 0) is 6.42 Å². The molecule has 90 valence electrons. The summed E-state index contributed by atoms with van der Waals surface area (Å²) in [5, 5.41) is 12.4. The second kappa shape index (κ2) is 6.23. The van der Waals surface area contributed by atoms with Gasteiger partial charge in [-0.2, -0.15) is 5.26 Å². The molecule has 0 saturated carbocycles. The van der Waals surface area contributed by atoms with E-state index < -0.39 is 0 Å². The molecule has 2 nitrogen and oxygen atoms in total. The molecule has 0 saturated heterocycles. The minimum atomic E-state index is 0.658. The summed E-state index contributed by atoms with van der Waals surface area (Å²) in [5.41, 5.74) is 2.83. The molecule has 0 amide bonds. The van der Waals surface area contributed by atoms with Crippen molar-refractivity contribution in [1.82, 2.24) is 0 Å². The molecule has 0 bridgehead atoms. The van der Waals surface area contributed by atoms with E-state index in [2.05, 4.69) is 39.4 Å². The first-order chi connectivity index (χ1) is 8.81. The van der Waals surface area contributed by atoms with E-state index in [0.29, 0.717) is 5.56 Å². The van der Waals surface area contributed by atoms with Crippen molar-refractivity contribution in [2.24, 2.45) is 0 Å². The van der Waals surface area contributed by atoms with Crippen LogP contribution in [0.4, 0.5) is 5.69 Å². The zero-order chi connectivity index (χ0) is 12.8. The minimum Gasteiger partial charge on any atom is -0.384 e. The lowest BCUT2D eigenvalue weighted by molar-refractivity contribution is 1.02. The molecule has 0 atom stereocenters. The first-order valence-corrected chi connectivity index (χ1v) is 6.57. The lowest BCUT2D eigenvalue weighted by atomic mass is 10.1. The van der Waals surface area contributed by atoms with Gasteiger partial charge in [0.2, 0.25) is 0 Å². The Morgan fingerprint density at radius 2 is 1.83 bits per heavy atom. The van der Waals surface area contributed by atoms with E-state index in [1.165, 1.54) is 5.56 Å². The minimum absolute atomic E-state index is 0.658. The molecule has 18 heavy (non-hydrogen) atoms. The monoisotopic (exact) mass is 300 g/mol. The van der Waals surface area contributed by atoms with Crippen LogP contribution < -0.4 is 5.32 Å². The highest BCUT2D eigenvalue weighted by Gasteiger charge is 2.04. The summed E-state index contributed by atoms with van der Waals surface area (Å²) in [6.07, 6.45) is 0.943. The van der Waals surface area contributed by atoms with Gasteiger partial charge in [-0.3, -0.25) is 0 Å². The summed E-state index contributed by atoms with van der Waals surface area (Å²) >= 11 is 3.38. The van der Waals surface area contributed by atoms with E-state index >= 15 is 0 Å². The Bertz CT molecular complexity index is 558. The largest absolute Gasteiger partial charge is 0.384 e. The first-order valence-electron chi connectivity index (χ1n) is 5.77. The van der Waals surface area contributed by atoms with Gasteiger partial charge in [-0.15, -0.1) is 0 Å². The van der Waals surface area contributed by atoms with Gasteiger partial charge in [0.25, 0.3) is 0 Å². The second-order valence-electron chi connectivity index (χ2n) is 3.94. The highest BCUT2D eigenvalue weighted by atomic mass is 79.9. The van der Waals surface area contributed by atoms with E-state index in [1.54, 1.807) is 0 Å². The summed E-state index contributed by atoms with van der Waals surface area (Å²) in [5.74, 6) is 0. The zero-order valence-electron chi connectivity index (χ0n) is 9.86. The smallest absolute Gasteiger partial charge is 0.103 e. The average molecular weight is 301 g/mol. The molecule has 2 rings (SSSR count). The number of nitrogens with zero attached hydrogens (tertiary/aromatic N) is 1. The number of rotatable bonds is 4. The maximum atomic E-state index is 9.10. The van der Waals surface area contributed by atoms with Crippen molar-refractivity contribution in [2.75, 3.05) is 11.9 Å². The Labute approximate surface area is 115 Å². The van der Waals surface area contributed by atoms with Gasteiger partial charge in [0.05, 0.1) is 11.3 Å². The van der Waals surface area contributed by atoms with Crippen LogP contribution >= 0.6 is 15.9 Å². The van der Waals surface area contributed by atoms with E-state index in [9.17, 15) is 0 Å². The second-order valence-corrected chi connectivity index (χ2v) is 4.79. The quantitative estimate of drug-likeness (QED) is 0.927. The topological polar surface area (TPSA) is 35.8 Å². The normalized spacial score (nSPS) is 9.78. The SMILES string of the molecule is N#Cc1c(Br)cccc1NCCc1ccccc1. The summed E-state index contributed by atoms with van der Waals surface area (Å²) in [7, 11) is 0. The molecule has 0 aliphatic heterocycles. The molecule has 0 unspecified atom stereocenters. The molecule has 3 heteroatoms. The van der Waals surface area contributed by atoms with Gasteiger partial charge >= 0.3 is 0 Å². The Balaban J connectivity index is 1.99. The van der Waals surface area contributed by atoms with Crippen LogP contribution in [0.15, 0.2) is 53.0 Å². The molecule has 2 aromatic carbocycles. The average Bonchev–Trinajstić information content (AvgIpc) is 2.40. The molecule has 0 heterocycles. The third kappa shape index (κ3) is 3.12. The van der Waals surface area contributed by atoms with Crippen LogP contribution in [-0.4, -0.2) is 6.54 Å². The van der Waals surface area contributed by atoms with Gasteiger partial charge in [-0.1, -0.05) is 36.4 Å². The summed E-state index contributed by atoms with van der Waals surface area (Å²) in [6, 6.07) is 18.2. The van der Waals surface area contributed by atoms with Crippen molar-refractivity contribution in [1.29, 1.82) is 5.26 Å². The summed E-state index contributed by atoms with van der Waals surface area (Å²) in [6.45, 7) is 0.815. The molecule has 0 radical (unpaired) electrons. The highest BCUT2D eigenvalue weighted by molar-refractivity contribution is 9.10. The predicted octanol–water partition coefficient (Wildman–Crippen LogP) is 3.98. The number of nitriles is 1. The highest BCUT2D eigenvalue weighted by Crippen LogP contribution is 2.23. The Morgan fingerprint density at radius 1 is 1.06 bits per heavy atom. The van der Waals surface area contributed by atoms with Crippen LogP contribution in [0, 0.1) is 11.3 Å². The van der Waals surface area contributed by atoms with Crippen LogP contribution in [0.3, 0.4) is 0 Å². The summed E-state index contributed by atoms with van der Waals surface area (Å²) < 4.78 is 0.828. The molecule has 2 aromatic rings. The molecule has 0 aromatic heterocycles. The fourth-order valence-electron chi connectivity index (χ4n) is 1.77. The number of anilines is 1. The summed E-state index contributed by atoms with van der Waals surface area (Å²) in [4.78, 5) is 0. The van der Waals surface area contributed by atoms with Crippen molar-refractivity contribution >= 4 is 21.6 Å². The number of nitrogens with one attached hydrogen (secondary N) is 1. The fraction of sp³-hybridized carbons (Fsp3) is 0.133. The lowest BCUT2D eigenvalue weighted by Gasteiger charge is -2.09.